The number of rotatable bonds is 5. The van der Waals surface area contributed by atoms with Crippen LogP contribution in [0.15, 0.2) is 18.3 Å². The van der Waals surface area contributed by atoms with Crippen molar-refractivity contribution < 1.29 is 9.59 Å². The van der Waals surface area contributed by atoms with E-state index < -0.39 is 6.03 Å². The summed E-state index contributed by atoms with van der Waals surface area (Å²) in [5.74, 6) is -0.293. The van der Waals surface area contributed by atoms with Crippen LogP contribution in [0.3, 0.4) is 0 Å². The van der Waals surface area contributed by atoms with Crippen molar-refractivity contribution in [3.8, 4) is 0 Å². The van der Waals surface area contributed by atoms with Crippen molar-refractivity contribution >= 4 is 17.6 Å². The molecular formula is C10H15N5O2. The number of amides is 3. The van der Waals surface area contributed by atoms with Gasteiger partial charge < -0.3 is 21.7 Å². The van der Waals surface area contributed by atoms with Crippen molar-refractivity contribution in [1.82, 2.24) is 15.6 Å². The van der Waals surface area contributed by atoms with Gasteiger partial charge in [0.05, 0.1) is 11.9 Å². The van der Waals surface area contributed by atoms with Crippen LogP contribution in [0.2, 0.25) is 0 Å². The number of hydrogen-bond donors (Lipinski definition) is 4. The first-order chi connectivity index (χ1) is 8.13. The van der Waals surface area contributed by atoms with Gasteiger partial charge in [0.2, 0.25) is 0 Å². The minimum atomic E-state index is -0.615. The molecule has 7 heteroatoms. The molecular weight excluding hydrogens is 222 g/mol. The molecule has 1 rings (SSSR count). The van der Waals surface area contributed by atoms with Crippen LogP contribution >= 0.6 is 0 Å². The Balaban J connectivity index is 2.38. The Hall–Kier alpha value is -2.31. The molecule has 0 saturated carbocycles. The fourth-order valence-corrected chi connectivity index (χ4v) is 1.13. The maximum atomic E-state index is 11.6. The van der Waals surface area contributed by atoms with Gasteiger partial charge in [-0.3, -0.25) is 4.79 Å². The summed E-state index contributed by atoms with van der Waals surface area (Å²) in [6.07, 6.45) is 1.57. The summed E-state index contributed by atoms with van der Waals surface area (Å²) < 4.78 is 0. The average molecular weight is 237 g/mol. The molecule has 0 bridgehead atoms. The molecule has 0 aliphatic heterocycles. The Morgan fingerprint density at radius 2 is 2.00 bits per heavy atom. The van der Waals surface area contributed by atoms with Crippen molar-refractivity contribution in [1.29, 1.82) is 0 Å². The van der Waals surface area contributed by atoms with E-state index in [0.29, 0.717) is 12.2 Å². The van der Waals surface area contributed by atoms with E-state index >= 15 is 0 Å². The van der Waals surface area contributed by atoms with Crippen LogP contribution in [0.5, 0.6) is 0 Å². The molecule has 0 atom stereocenters. The minimum absolute atomic E-state index is 0.287. The Bertz CT molecular complexity index is 390. The van der Waals surface area contributed by atoms with E-state index in [1.807, 2.05) is 0 Å². The lowest BCUT2D eigenvalue weighted by Gasteiger charge is -2.05. The van der Waals surface area contributed by atoms with Crippen LogP contribution in [-0.4, -0.2) is 37.1 Å². The Labute approximate surface area is 98.8 Å². The first-order valence-corrected chi connectivity index (χ1v) is 5.09. The molecule has 0 radical (unpaired) electrons. The molecule has 0 aromatic carbocycles. The van der Waals surface area contributed by atoms with E-state index in [9.17, 15) is 9.59 Å². The van der Waals surface area contributed by atoms with Gasteiger partial charge in [0.1, 0.15) is 5.69 Å². The monoisotopic (exact) mass is 237 g/mol. The molecule has 0 aliphatic rings. The molecule has 5 N–H and O–H groups in total. The number of carbonyl (C=O) groups is 2. The third kappa shape index (κ3) is 4.37. The molecule has 1 heterocycles. The van der Waals surface area contributed by atoms with Crippen LogP contribution < -0.4 is 21.7 Å². The topological polar surface area (TPSA) is 109 Å². The molecule has 0 spiro atoms. The first-order valence-electron chi connectivity index (χ1n) is 5.09. The predicted molar refractivity (Wildman–Crippen MR) is 63.7 cm³/mol. The van der Waals surface area contributed by atoms with E-state index in [1.165, 1.54) is 0 Å². The van der Waals surface area contributed by atoms with Gasteiger partial charge in [0, 0.05) is 20.1 Å². The Morgan fingerprint density at radius 3 is 2.53 bits per heavy atom. The first kappa shape index (κ1) is 12.8. The highest BCUT2D eigenvalue weighted by atomic mass is 16.2. The summed E-state index contributed by atoms with van der Waals surface area (Å²) in [6.45, 7) is 0.590. The van der Waals surface area contributed by atoms with Gasteiger partial charge in [-0.15, -0.1) is 0 Å². The number of carbonyl (C=O) groups excluding carboxylic acids is 2. The molecule has 92 valence electrons. The maximum Gasteiger partial charge on any atom is 0.312 e. The number of anilines is 1. The Kier molecular flexibility index (Phi) is 4.74. The highest BCUT2D eigenvalue weighted by Gasteiger charge is 2.05. The van der Waals surface area contributed by atoms with Gasteiger partial charge in [-0.05, 0) is 12.1 Å². The van der Waals surface area contributed by atoms with E-state index in [4.69, 9.17) is 5.73 Å². The van der Waals surface area contributed by atoms with Crippen LogP contribution in [0.1, 0.15) is 10.5 Å². The van der Waals surface area contributed by atoms with Crippen LogP contribution in [-0.2, 0) is 0 Å². The van der Waals surface area contributed by atoms with Gasteiger partial charge in [0.25, 0.3) is 5.91 Å². The summed E-state index contributed by atoms with van der Waals surface area (Å²) in [6, 6.07) is 2.75. The maximum absolute atomic E-state index is 11.6. The van der Waals surface area contributed by atoms with Crippen molar-refractivity contribution in [3.63, 3.8) is 0 Å². The highest BCUT2D eigenvalue weighted by Crippen LogP contribution is 2.04. The summed E-state index contributed by atoms with van der Waals surface area (Å²) in [5, 5.41) is 7.87. The molecule has 0 unspecified atom stereocenters. The summed E-state index contributed by atoms with van der Waals surface area (Å²) >= 11 is 0. The molecule has 0 aliphatic carbocycles. The van der Waals surface area contributed by atoms with E-state index in [-0.39, 0.29) is 12.5 Å². The molecule has 7 nitrogen and oxygen atoms in total. The van der Waals surface area contributed by atoms with Gasteiger partial charge in [0.15, 0.2) is 0 Å². The van der Waals surface area contributed by atoms with Gasteiger partial charge in [-0.25, -0.2) is 9.78 Å². The fourth-order valence-electron chi connectivity index (χ4n) is 1.13. The van der Waals surface area contributed by atoms with E-state index in [0.717, 1.165) is 5.69 Å². The average Bonchev–Trinajstić information content (AvgIpc) is 2.34. The van der Waals surface area contributed by atoms with Crippen molar-refractivity contribution in [2.24, 2.45) is 5.73 Å². The molecule has 1 aromatic heterocycles. The second kappa shape index (κ2) is 6.31. The lowest BCUT2D eigenvalue weighted by Crippen LogP contribution is -2.37. The van der Waals surface area contributed by atoms with Crippen LogP contribution in [0.4, 0.5) is 10.5 Å². The quantitative estimate of drug-likeness (QED) is 0.518. The smallest absolute Gasteiger partial charge is 0.312 e. The molecule has 0 fully saturated rings. The summed E-state index contributed by atoms with van der Waals surface area (Å²) in [5.41, 5.74) is 6.02. The molecule has 17 heavy (non-hydrogen) atoms. The predicted octanol–water partition coefficient (Wildman–Crippen LogP) is -0.479. The number of nitrogens with one attached hydrogen (secondary N) is 3. The zero-order valence-corrected chi connectivity index (χ0v) is 9.49. The standard InChI is InChI=1S/C10H15N5O2/c1-12-7-2-3-8(15-6-7)9(16)13-4-5-14-10(11)17/h2-3,6,12H,4-5H2,1H3,(H,13,16)(H3,11,14,17). The second-order valence-electron chi connectivity index (χ2n) is 3.23. The molecule has 1 aromatic rings. The zero-order chi connectivity index (χ0) is 12.7. The number of pyridine rings is 1. The fraction of sp³-hybridized carbons (Fsp3) is 0.300. The van der Waals surface area contributed by atoms with E-state index in [2.05, 4.69) is 20.9 Å². The summed E-state index contributed by atoms with van der Waals surface area (Å²) in [4.78, 5) is 25.9. The van der Waals surface area contributed by atoms with Gasteiger partial charge >= 0.3 is 6.03 Å². The molecule has 0 saturated heterocycles. The zero-order valence-electron chi connectivity index (χ0n) is 9.49. The van der Waals surface area contributed by atoms with Crippen LogP contribution in [0.25, 0.3) is 0 Å². The van der Waals surface area contributed by atoms with Crippen molar-refractivity contribution in [2.45, 2.75) is 0 Å². The number of nitrogens with zero attached hydrogens (tertiary/aromatic N) is 1. The van der Waals surface area contributed by atoms with Crippen LogP contribution in [0, 0.1) is 0 Å². The van der Waals surface area contributed by atoms with Crippen molar-refractivity contribution in [3.05, 3.63) is 24.0 Å². The third-order valence-electron chi connectivity index (χ3n) is 1.99. The number of primary amides is 1. The number of aromatic nitrogens is 1. The molecule has 3 amide bonds. The Morgan fingerprint density at radius 1 is 1.29 bits per heavy atom. The number of nitrogens with two attached hydrogens (primary N) is 1. The lowest BCUT2D eigenvalue weighted by atomic mass is 10.3. The SMILES string of the molecule is CNc1ccc(C(=O)NCCNC(N)=O)nc1. The second-order valence-corrected chi connectivity index (χ2v) is 3.23. The lowest BCUT2D eigenvalue weighted by molar-refractivity contribution is 0.0949. The van der Waals surface area contributed by atoms with E-state index in [1.54, 1.807) is 25.4 Å². The van der Waals surface area contributed by atoms with Crippen molar-refractivity contribution in [2.75, 3.05) is 25.5 Å². The largest absolute Gasteiger partial charge is 0.387 e. The minimum Gasteiger partial charge on any atom is -0.387 e. The van der Waals surface area contributed by atoms with Gasteiger partial charge in [-0.1, -0.05) is 0 Å². The number of urea groups is 1. The normalized spacial score (nSPS) is 9.47. The third-order valence-corrected chi connectivity index (χ3v) is 1.99. The summed E-state index contributed by atoms with van der Waals surface area (Å²) in [7, 11) is 1.77. The number of hydrogen-bond acceptors (Lipinski definition) is 4. The van der Waals surface area contributed by atoms with Gasteiger partial charge in [-0.2, -0.15) is 0 Å². The highest BCUT2D eigenvalue weighted by molar-refractivity contribution is 5.92.